The first-order valence-electron chi connectivity index (χ1n) is 6.94. The number of nitrogens with zero attached hydrogens (tertiary/aromatic N) is 2. The van der Waals surface area contributed by atoms with Crippen LogP contribution in [0.4, 0.5) is 0 Å². The van der Waals surface area contributed by atoms with Crippen molar-refractivity contribution in [3.05, 3.63) is 34.2 Å². The van der Waals surface area contributed by atoms with Gasteiger partial charge in [-0.25, -0.2) is 8.42 Å². The molecular weight excluding hydrogens is 272 g/mol. The van der Waals surface area contributed by atoms with E-state index >= 15 is 0 Å². The van der Waals surface area contributed by atoms with Crippen molar-refractivity contribution < 1.29 is 8.42 Å². The fourth-order valence-electron chi connectivity index (χ4n) is 2.90. The van der Waals surface area contributed by atoms with Crippen LogP contribution in [0.1, 0.15) is 11.1 Å². The van der Waals surface area contributed by atoms with Gasteiger partial charge in [-0.3, -0.25) is 4.90 Å². The topological polar surface area (TPSA) is 40.6 Å². The first-order chi connectivity index (χ1) is 9.48. The highest BCUT2D eigenvalue weighted by atomic mass is 32.2. The minimum absolute atomic E-state index is 0.504. The minimum atomic E-state index is -3.28. The summed E-state index contributed by atoms with van der Waals surface area (Å²) < 4.78 is 25.3. The number of sulfone groups is 1. The predicted molar refractivity (Wildman–Crippen MR) is 80.3 cm³/mol. The average molecular weight is 292 g/mol. The normalized spacial score (nSPS) is 22.6. The Morgan fingerprint density at radius 3 is 2.50 bits per heavy atom. The second-order valence-corrected chi connectivity index (χ2v) is 7.63. The molecule has 0 spiro atoms. The smallest absolute Gasteiger partial charge is 0.204 e. The lowest BCUT2D eigenvalue weighted by Gasteiger charge is -2.32. The van der Waals surface area contributed by atoms with Crippen LogP contribution in [0.2, 0.25) is 0 Å². The monoisotopic (exact) mass is 292 g/mol. The second-order valence-electron chi connectivity index (χ2n) is 5.69. The van der Waals surface area contributed by atoms with Crippen LogP contribution in [-0.2, 0) is 9.84 Å². The molecule has 4 nitrogen and oxygen atoms in total. The summed E-state index contributed by atoms with van der Waals surface area (Å²) in [6.45, 7) is 6.25. The van der Waals surface area contributed by atoms with Gasteiger partial charge < -0.3 is 4.90 Å². The van der Waals surface area contributed by atoms with E-state index in [-0.39, 0.29) is 0 Å². The number of piperazine rings is 1. The largest absolute Gasteiger partial charge is 0.304 e. The summed E-state index contributed by atoms with van der Waals surface area (Å²) in [5.74, 6) is 0. The molecule has 2 aliphatic rings. The van der Waals surface area contributed by atoms with E-state index in [4.69, 9.17) is 0 Å². The third kappa shape index (κ3) is 2.30. The first kappa shape index (κ1) is 13.8. The van der Waals surface area contributed by atoms with Gasteiger partial charge in [0.05, 0.1) is 9.80 Å². The maximum absolute atomic E-state index is 12.6. The zero-order valence-corrected chi connectivity index (χ0v) is 12.8. The summed E-state index contributed by atoms with van der Waals surface area (Å²) in [5.41, 5.74) is 1.68. The van der Waals surface area contributed by atoms with Gasteiger partial charge in [0.2, 0.25) is 9.84 Å². The SMILES string of the molecule is Cc1cccc2c1S(=O)(=O)C(CN1CCN(C)CC1)=C2. The van der Waals surface area contributed by atoms with Gasteiger partial charge in [0.25, 0.3) is 0 Å². The minimum Gasteiger partial charge on any atom is -0.304 e. The molecule has 0 N–H and O–H groups in total. The average Bonchev–Trinajstić information content (AvgIpc) is 2.65. The molecule has 3 rings (SSSR count). The van der Waals surface area contributed by atoms with Crippen LogP contribution >= 0.6 is 0 Å². The van der Waals surface area contributed by atoms with Gasteiger partial charge in [0.1, 0.15) is 0 Å². The van der Waals surface area contributed by atoms with E-state index in [1.807, 2.05) is 31.2 Å². The quantitative estimate of drug-likeness (QED) is 0.825. The Morgan fingerprint density at radius 2 is 1.85 bits per heavy atom. The number of fused-ring (bicyclic) bond motifs is 1. The summed E-state index contributed by atoms with van der Waals surface area (Å²) in [4.78, 5) is 5.55. The summed E-state index contributed by atoms with van der Waals surface area (Å²) in [6, 6.07) is 5.67. The van der Waals surface area contributed by atoms with Crippen molar-refractivity contribution >= 4 is 15.9 Å². The molecule has 0 atom stereocenters. The maximum atomic E-state index is 12.6. The third-order valence-electron chi connectivity index (χ3n) is 4.15. The molecule has 0 unspecified atom stereocenters. The van der Waals surface area contributed by atoms with Gasteiger partial charge in [0.15, 0.2) is 0 Å². The lowest BCUT2D eigenvalue weighted by atomic mass is 10.1. The van der Waals surface area contributed by atoms with Gasteiger partial charge in [-0.2, -0.15) is 0 Å². The molecule has 108 valence electrons. The Morgan fingerprint density at radius 1 is 1.15 bits per heavy atom. The second kappa shape index (κ2) is 4.98. The van der Waals surface area contributed by atoms with Crippen molar-refractivity contribution in [3.8, 4) is 0 Å². The first-order valence-corrected chi connectivity index (χ1v) is 8.43. The van der Waals surface area contributed by atoms with Crippen LogP contribution in [-0.4, -0.2) is 58.0 Å². The number of hydrogen-bond acceptors (Lipinski definition) is 4. The van der Waals surface area contributed by atoms with Crippen molar-refractivity contribution in [2.75, 3.05) is 39.8 Å². The molecule has 1 aromatic rings. The molecule has 0 radical (unpaired) electrons. The summed E-state index contributed by atoms with van der Waals surface area (Å²) in [7, 11) is -1.18. The Labute approximate surface area is 120 Å². The number of aryl methyl sites for hydroxylation is 1. The number of hydrogen-bond donors (Lipinski definition) is 0. The third-order valence-corrected chi connectivity index (χ3v) is 6.18. The molecule has 0 aromatic heterocycles. The van der Waals surface area contributed by atoms with Gasteiger partial charge in [0, 0.05) is 32.7 Å². The molecule has 5 heteroatoms. The molecule has 2 aliphatic heterocycles. The van der Waals surface area contributed by atoms with Crippen LogP contribution < -0.4 is 0 Å². The molecule has 0 amide bonds. The molecule has 1 saturated heterocycles. The molecule has 0 saturated carbocycles. The molecule has 0 bridgehead atoms. The number of benzene rings is 1. The van der Waals surface area contributed by atoms with E-state index in [1.165, 1.54) is 0 Å². The maximum Gasteiger partial charge on any atom is 0.204 e. The van der Waals surface area contributed by atoms with Crippen molar-refractivity contribution in [1.29, 1.82) is 0 Å². The Balaban J connectivity index is 1.85. The van der Waals surface area contributed by atoms with Crippen LogP contribution in [0.15, 0.2) is 28.0 Å². The highest BCUT2D eigenvalue weighted by Gasteiger charge is 2.32. The molecule has 1 aromatic carbocycles. The number of rotatable bonds is 2. The summed E-state index contributed by atoms with van der Waals surface area (Å²) >= 11 is 0. The lowest BCUT2D eigenvalue weighted by Crippen LogP contribution is -2.45. The van der Waals surface area contributed by atoms with Gasteiger partial charge in [-0.15, -0.1) is 0 Å². The standard InChI is InChI=1S/C15H20N2O2S/c1-12-4-3-5-13-10-14(20(18,19)15(12)13)11-17-8-6-16(2)7-9-17/h3-5,10H,6-9,11H2,1-2H3. The van der Waals surface area contributed by atoms with E-state index in [0.717, 1.165) is 37.3 Å². The lowest BCUT2D eigenvalue weighted by molar-refractivity contribution is 0.166. The highest BCUT2D eigenvalue weighted by Crippen LogP contribution is 2.35. The van der Waals surface area contributed by atoms with E-state index in [2.05, 4.69) is 16.8 Å². The van der Waals surface area contributed by atoms with E-state index in [0.29, 0.717) is 16.3 Å². The number of likely N-dealkylation sites (N-methyl/N-ethyl adjacent to an activating group) is 1. The fourth-order valence-corrected chi connectivity index (χ4v) is 4.72. The molecule has 1 fully saturated rings. The molecular formula is C15H20N2O2S. The highest BCUT2D eigenvalue weighted by molar-refractivity contribution is 7.96. The zero-order chi connectivity index (χ0) is 14.3. The van der Waals surface area contributed by atoms with Crippen LogP contribution in [0.5, 0.6) is 0 Å². The van der Waals surface area contributed by atoms with Crippen molar-refractivity contribution in [2.24, 2.45) is 0 Å². The molecule has 0 aliphatic carbocycles. The van der Waals surface area contributed by atoms with E-state index in [1.54, 1.807) is 0 Å². The summed E-state index contributed by atoms with van der Waals surface area (Å²) in [6.07, 6.45) is 1.84. The Hall–Kier alpha value is -1.17. The zero-order valence-electron chi connectivity index (χ0n) is 12.0. The fraction of sp³-hybridized carbons (Fsp3) is 0.467. The van der Waals surface area contributed by atoms with Crippen molar-refractivity contribution in [1.82, 2.24) is 9.80 Å². The van der Waals surface area contributed by atoms with Gasteiger partial charge >= 0.3 is 0 Å². The predicted octanol–water partition coefficient (Wildman–Crippen LogP) is 1.37. The summed E-state index contributed by atoms with van der Waals surface area (Å²) in [5, 5.41) is 0. The Bertz CT molecular complexity index is 656. The molecule has 20 heavy (non-hydrogen) atoms. The van der Waals surface area contributed by atoms with Crippen LogP contribution in [0, 0.1) is 6.92 Å². The van der Waals surface area contributed by atoms with Gasteiger partial charge in [-0.1, -0.05) is 18.2 Å². The Kier molecular flexibility index (Phi) is 3.44. The van der Waals surface area contributed by atoms with Crippen molar-refractivity contribution in [2.45, 2.75) is 11.8 Å². The molecule has 2 heterocycles. The van der Waals surface area contributed by atoms with Crippen LogP contribution in [0.3, 0.4) is 0 Å². The van der Waals surface area contributed by atoms with Gasteiger partial charge in [-0.05, 0) is 31.2 Å². The van der Waals surface area contributed by atoms with Crippen molar-refractivity contribution in [3.63, 3.8) is 0 Å². The van der Waals surface area contributed by atoms with Crippen LogP contribution in [0.25, 0.3) is 6.08 Å². The van der Waals surface area contributed by atoms with E-state index in [9.17, 15) is 8.42 Å². The van der Waals surface area contributed by atoms with E-state index < -0.39 is 9.84 Å².